The number of carbonyl (C=O) groups excluding carboxylic acids is 4. The number of esters is 1. The highest BCUT2D eigenvalue weighted by molar-refractivity contribution is 6.06. The Bertz CT molecular complexity index is 867. The van der Waals surface area contributed by atoms with Crippen LogP contribution in [0.4, 0.5) is 9.18 Å². The molecule has 10 nitrogen and oxygen atoms in total. The zero-order valence-corrected chi connectivity index (χ0v) is 25.8. The van der Waals surface area contributed by atoms with Crippen LogP contribution in [-0.2, 0) is 33.3 Å². The summed E-state index contributed by atoms with van der Waals surface area (Å²) in [5.41, 5.74) is 0.940. The molecule has 0 spiro atoms. The number of halogens is 1. The van der Waals surface area contributed by atoms with Gasteiger partial charge in [0.05, 0.1) is 12.7 Å². The van der Waals surface area contributed by atoms with E-state index in [9.17, 15) is 23.6 Å². The van der Waals surface area contributed by atoms with Gasteiger partial charge in [-0.2, -0.15) is 0 Å². The van der Waals surface area contributed by atoms with Crippen LogP contribution in [0.25, 0.3) is 0 Å². The minimum Gasteiger partial charge on any atom is -0.455 e. The van der Waals surface area contributed by atoms with Gasteiger partial charge in [-0.15, -0.1) is 0 Å². The zero-order chi connectivity index (χ0) is 30.8. The van der Waals surface area contributed by atoms with E-state index in [4.69, 9.17) is 24.7 Å². The Morgan fingerprint density at radius 3 is 2.27 bits per heavy atom. The lowest BCUT2D eigenvalue weighted by Gasteiger charge is -2.38. The van der Waals surface area contributed by atoms with Crippen LogP contribution in [0.5, 0.6) is 0 Å². The molecule has 1 saturated heterocycles. The number of hydrogen-bond donors (Lipinski definition) is 1. The Hall–Kier alpha value is -2.11. The van der Waals surface area contributed by atoms with Crippen LogP contribution in [0.1, 0.15) is 93.4 Å². The molecule has 0 aromatic rings. The molecule has 1 aliphatic rings. The summed E-state index contributed by atoms with van der Waals surface area (Å²) in [5, 5.41) is 0. The van der Waals surface area contributed by atoms with Crippen molar-refractivity contribution in [2.45, 2.75) is 129 Å². The van der Waals surface area contributed by atoms with E-state index in [1.54, 1.807) is 13.8 Å². The van der Waals surface area contributed by atoms with Crippen molar-refractivity contribution in [1.29, 1.82) is 0 Å². The third-order valence-corrected chi connectivity index (χ3v) is 7.76. The second kappa shape index (κ2) is 15.8. The predicted molar refractivity (Wildman–Crippen MR) is 148 cm³/mol. The van der Waals surface area contributed by atoms with Gasteiger partial charge in [-0.1, -0.05) is 27.7 Å². The molecule has 1 rings (SSSR count). The molecule has 1 amide bonds. The van der Waals surface area contributed by atoms with Gasteiger partial charge in [-0.3, -0.25) is 9.59 Å². The number of ketones is 2. The van der Waals surface area contributed by atoms with Crippen LogP contribution in [0.3, 0.4) is 0 Å². The maximum Gasteiger partial charge on any atom is 0.405 e. The molecule has 0 aromatic carbocycles. The number of rotatable bonds is 17. The molecule has 1 aliphatic heterocycles. The maximum atomic E-state index is 14.8. The van der Waals surface area contributed by atoms with E-state index < -0.39 is 41.1 Å². The van der Waals surface area contributed by atoms with Crippen LogP contribution in [0.2, 0.25) is 0 Å². The van der Waals surface area contributed by atoms with Crippen LogP contribution in [0.15, 0.2) is 0 Å². The molecule has 40 heavy (non-hydrogen) atoms. The number of hydrogen-bond acceptors (Lipinski definition) is 9. The second-order valence-corrected chi connectivity index (χ2v) is 11.8. The molecule has 8 atom stereocenters. The summed E-state index contributed by atoms with van der Waals surface area (Å²) < 4.78 is 37.4. The minimum atomic E-state index is -2.84. The fraction of sp³-hybridized carbons (Fsp3) is 0.862. The average Bonchev–Trinajstić information content (AvgIpc) is 2.87. The molecular formula is C29H51FN2O8. The first-order valence-electron chi connectivity index (χ1n) is 14.3. The third kappa shape index (κ3) is 10.7. The molecule has 2 N–H and O–H groups in total. The van der Waals surface area contributed by atoms with Crippen molar-refractivity contribution in [2.24, 2.45) is 17.6 Å². The van der Waals surface area contributed by atoms with Crippen LogP contribution in [-0.4, -0.2) is 85.0 Å². The number of nitrogens with two attached hydrogens (primary N) is 1. The Labute approximate surface area is 238 Å². The fourth-order valence-electron chi connectivity index (χ4n) is 5.11. The highest BCUT2D eigenvalue weighted by atomic mass is 19.1. The van der Waals surface area contributed by atoms with Crippen molar-refractivity contribution in [3.8, 4) is 0 Å². The van der Waals surface area contributed by atoms with Gasteiger partial charge in [-0.25, -0.2) is 14.0 Å². The summed E-state index contributed by atoms with van der Waals surface area (Å²) in [6, 6.07) is 0.389. The Kier molecular flexibility index (Phi) is 14.2. The first-order valence-corrected chi connectivity index (χ1v) is 14.3. The lowest BCUT2D eigenvalue weighted by atomic mass is 9.83. The SMILES string of the molecule is CCC(=O)C(C)(F)C(=O)OC(CC)[C@](C)(C[C@@H](C)C(=O)CCC(C)COC1CC(N(C)C)CC(C)O1)OC(N)=O. The van der Waals surface area contributed by atoms with Gasteiger partial charge in [-0.05, 0) is 60.0 Å². The van der Waals surface area contributed by atoms with Gasteiger partial charge in [0.2, 0.25) is 0 Å². The molecule has 6 unspecified atom stereocenters. The van der Waals surface area contributed by atoms with E-state index in [1.165, 1.54) is 13.8 Å². The molecule has 1 fully saturated rings. The highest BCUT2D eigenvalue weighted by Gasteiger charge is 2.47. The predicted octanol–water partition coefficient (Wildman–Crippen LogP) is 4.35. The summed E-state index contributed by atoms with van der Waals surface area (Å²) in [6.45, 7) is 11.6. The second-order valence-electron chi connectivity index (χ2n) is 11.8. The molecule has 232 valence electrons. The number of amides is 1. The number of alkyl halides is 1. The lowest BCUT2D eigenvalue weighted by molar-refractivity contribution is -0.206. The molecule has 0 aromatic heterocycles. The van der Waals surface area contributed by atoms with Crippen LogP contribution < -0.4 is 5.73 Å². The topological polar surface area (TPSA) is 134 Å². The molecule has 0 aliphatic carbocycles. The van der Waals surface area contributed by atoms with Gasteiger partial charge in [0, 0.05) is 37.6 Å². The van der Waals surface area contributed by atoms with Crippen molar-refractivity contribution in [3.63, 3.8) is 0 Å². The lowest BCUT2D eigenvalue weighted by Crippen LogP contribution is -2.51. The van der Waals surface area contributed by atoms with E-state index in [1.807, 2.05) is 27.9 Å². The summed E-state index contributed by atoms with van der Waals surface area (Å²) in [5.74, 6) is -2.84. The number of nitrogens with zero attached hydrogens (tertiary/aromatic N) is 1. The summed E-state index contributed by atoms with van der Waals surface area (Å²) in [6.07, 6.45) is 0.117. The summed E-state index contributed by atoms with van der Waals surface area (Å²) in [7, 11) is 4.10. The van der Waals surface area contributed by atoms with Gasteiger partial charge >= 0.3 is 12.1 Å². The average molecular weight is 575 g/mol. The Morgan fingerprint density at radius 2 is 1.75 bits per heavy atom. The van der Waals surface area contributed by atoms with E-state index in [0.717, 1.165) is 19.8 Å². The van der Waals surface area contributed by atoms with Gasteiger partial charge in [0.15, 0.2) is 12.1 Å². The third-order valence-electron chi connectivity index (χ3n) is 7.76. The van der Waals surface area contributed by atoms with Crippen molar-refractivity contribution < 1.29 is 42.5 Å². The maximum absolute atomic E-state index is 14.8. The number of Topliss-reactive ketones (excluding diaryl/α,β-unsaturated/α-hetero) is 2. The normalized spacial score (nSPS) is 24.7. The van der Waals surface area contributed by atoms with Gasteiger partial charge < -0.3 is 29.6 Å². The van der Waals surface area contributed by atoms with Crippen molar-refractivity contribution >= 4 is 23.6 Å². The smallest absolute Gasteiger partial charge is 0.405 e. The number of primary amides is 1. The number of ether oxygens (including phenoxy) is 4. The first kappa shape index (κ1) is 35.9. The Balaban J connectivity index is 2.76. The quantitative estimate of drug-likeness (QED) is 0.199. The van der Waals surface area contributed by atoms with E-state index in [0.29, 0.717) is 19.1 Å². The van der Waals surface area contributed by atoms with Crippen LogP contribution in [0, 0.1) is 11.8 Å². The van der Waals surface area contributed by atoms with E-state index in [2.05, 4.69) is 4.90 Å². The molecular weight excluding hydrogens is 523 g/mol. The Morgan fingerprint density at radius 1 is 1.12 bits per heavy atom. The van der Waals surface area contributed by atoms with E-state index in [-0.39, 0.29) is 49.8 Å². The minimum absolute atomic E-state index is 0.00408. The molecule has 0 saturated carbocycles. The standard InChI is InChI=1S/C29H51FN2O8/c1-10-23(34)29(7,30)26(35)39-24(11-2)28(6,40-27(31)36)16-19(4)22(33)13-12-18(3)17-37-25-15-21(32(8)9)14-20(5)38-25/h18-21,24-25H,10-17H2,1-9H3,(H2,31,36)/t18?,19-,20?,21?,24?,25?,28+,29?/m1/s1. The molecule has 11 heteroatoms. The van der Waals surface area contributed by atoms with Gasteiger partial charge in [0.1, 0.15) is 17.5 Å². The molecule has 0 radical (unpaired) electrons. The van der Waals surface area contributed by atoms with Crippen LogP contribution >= 0.6 is 0 Å². The van der Waals surface area contributed by atoms with Crippen molar-refractivity contribution in [3.05, 3.63) is 0 Å². The van der Waals surface area contributed by atoms with Crippen molar-refractivity contribution in [1.82, 2.24) is 4.90 Å². The molecule has 1 heterocycles. The van der Waals surface area contributed by atoms with Gasteiger partial charge in [0.25, 0.3) is 5.67 Å². The largest absolute Gasteiger partial charge is 0.455 e. The van der Waals surface area contributed by atoms with E-state index >= 15 is 0 Å². The fourth-order valence-corrected chi connectivity index (χ4v) is 5.11. The zero-order valence-electron chi connectivity index (χ0n) is 25.8. The van der Waals surface area contributed by atoms with Crippen molar-refractivity contribution in [2.75, 3.05) is 20.7 Å². The summed E-state index contributed by atoms with van der Waals surface area (Å²) >= 11 is 0. The number of carbonyl (C=O) groups is 4. The highest BCUT2D eigenvalue weighted by Crippen LogP contribution is 2.32. The summed E-state index contributed by atoms with van der Waals surface area (Å²) in [4.78, 5) is 51.4. The molecule has 0 bridgehead atoms. The monoisotopic (exact) mass is 574 g/mol. The first-order chi connectivity index (χ1) is 18.5.